The Bertz CT molecular complexity index is 1400. The van der Waals surface area contributed by atoms with Crippen molar-refractivity contribution in [1.82, 2.24) is 19.2 Å². The molecule has 0 bridgehead atoms. The lowest BCUT2D eigenvalue weighted by Crippen LogP contribution is -2.21. The van der Waals surface area contributed by atoms with Crippen LogP contribution in [-0.2, 0) is 6.54 Å². The lowest BCUT2D eigenvalue weighted by Gasteiger charge is -2.09. The fourth-order valence-electron chi connectivity index (χ4n) is 3.50. The predicted molar refractivity (Wildman–Crippen MR) is 115 cm³/mol. The number of hydrogen-bond donors (Lipinski definition) is 0. The third-order valence-electron chi connectivity index (χ3n) is 5.10. The molecule has 0 aliphatic carbocycles. The molecule has 142 valence electrons. The average Bonchev–Trinajstić information content (AvgIpc) is 3.17. The van der Waals surface area contributed by atoms with Crippen molar-refractivity contribution in [3.05, 3.63) is 99.7 Å². The summed E-state index contributed by atoms with van der Waals surface area (Å²) in [5.74, 6) is 0. The van der Waals surface area contributed by atoms with Crippen molar-refractivity contribution in [3.63, 3.8) is 0 Å². The van der Waals surface area contributed by atoms with E-state index in [0.29, 0.717) is 22.6 Å². The summed E-state index contributed by atoms with van der Waals surface area (Å²) < 4.78 is 3.42. The van der Waals surface area contributed by atoms with E-state index >= 15 is 0 Å². The second-order valence-electron chi connectivity index (χ2n) is 7.09. The zero-order valence-corrected chi connectivity index (χ0v) is 16.5. The molecule has 5 rings (SSSR count). The topological polar surface area (TPSA) is 52.2 Å². The normalized spacial score (nSPS) is 11.4. The van der Waals surface area contributed by atoms with Gasteiger partial charge in [-0.15, -0.1) is 0 Å². The van der Waals surface area contributed by atoms with Gasteiger partial charge < -0.3 is 4.57 Å². The zero-order valence-electron chi connectivity index (χ0n) is 15.7. The Labute approximate surface area is 171 Å². The molecule has 0 atom stereocenters. The van der Waals surface area contributed by atoms with E-state index in [2.05, 4.69) is 22.2 Å². The molecule has 0 radical (unpaired) electrons. The smallest absolute Gasteiger partial charge is 0.261 e. The van der Waals surface area contributed by atoms with Crippen molar-refractivity contribution in [2.75, 3.05) is 0 Å². The Kier molecular flexibility index (Phi) is 4.18. The highest BCUT2D eigenvalue weighted by Gasteiger charge is 2.13. The molecule has 0 fully saturated rings. The van der Waals surface area contributed by atoms with E-state index in [1.807, 2.05) is 55.6 Å². The molecule has 0 N–H and O–H groups in total. The first kappa shape index (κ1) is 17.6. The van der Waals surface area contributed by atoms with Crippen molar-refractivity contribution >= 4 is 28.2 Å². The van der Waals surface area contributed by atoms with Crippen LogP contribution in [0.15, 0.2) is 78.0 Å². The fraction of sp³-hybridized carbons (Fsp3) is 0.0870. The number of aryl methyl sites for hydroxylation is 1. The standard InChI is InChI=1S/C23H17ClN4O/c1-15-2-4-16(5-3-15)14-27-11-10-21-20(23(27)29)12-25-22-19(13-26-28(21)22)17-6-8-18(24)9-7-17/h2-13H,14H2,1H3. The predicted octanol–water partition coefficient (Wildman–Crippen LogP) is 4.72. The summed E-state index contributed by atoms with van der Waals surface area (Å²) in [6.07, 6.45) is 5.22. The monoisotopic (exact) mass is 400 g/mol. The molecule has 2 aromatic carbocycles. The van der Waals surface area contributed by atoms with Crippen LogP contribution in [0.25, 0.3) is 27.7 Å². The molecule has 3 aromatic heterocycles. The van der Waals surface area contributed by atoms with E-state index in [1.165, 1.54) is 5.56 Å². The third-order valence-corrected chi connectivity index (χ3v) is 5.35. The van der Waals surface area contributed by atoms with Gasteiger partial charge in [0.15, 0.2) is 5.65 Å². The number of aromatic nitrogens is 4. The first-order valence-corrected chi connectivity index (χ1v) is 9.65. The summed E-state index contributed by atoms with van der Waals surface area (Å²) in [6, 6.07) is 17.6. The summed E-state index contributed by atoms with van der Waals surface area (Å²) >= 11 is 5.99. The highest BCUT2D eigenvalue weighted by atomic mass is 35.5. The van der Waals surface area contributed by atoms with Crippen LogP contribution in [-0.4, -0.2) is 19.2 Å². The Morgan fingerprint density at radius 1 is 0.966 bits per heavy atom. The molecular weight excluding hydrogens is 384 g/mol. The van der Waals surface area contributed by atoms with Crippen molar-refractivity contribution in [3.8, 4) is 11.1 Å². The molecule has 5 aromatic rings. The summed E-state index contributed by atoms with van der Waals surface area (Å²) in [7, 11) is 0. The van der Waals surface area contributed by atoms with Crippen LogP contribution < -0.4 is 5.56 Å². The van der Waals surface area contributed by atoms with Gasteiger partial charge in [0.05, 0.1) is 23.6 Å². The van der Waals surface area contributed by atoms with Gasteiger partial charge in [-0.25, -0.2) is 9.50 Å². The molecule has 6 heteroatoms. The molecule has 3 heterocycles. The van der Waals surface area contributed by atoms with Crippen LogP contribution in [0.2, 0.25) is 5.02 Å². The van der Waals surface area contributed by atoms with Crippen molar-refractivity contribution in [1.29, 1.82) is 0 Å². The van der Waals surface area contributed by atoms with Crippen LogP contribution in [0.1, 0.15) is 11.1 Å². The van der Waals surface area contributed by atoms with Crippen molar-refractivity contribution in [2.45, 2.75) is 13.5 Å². The van der Waals surface area contributed by atoms with Crippen LogP contribution in [0.5, 0.6) is 0 Å². The summed E-state index contributed by atoms with van der Waals surface area (Å²) in [5.41, 5.74) is 5.50. The second kappa shape index (κ2) is 6.87. The highest BCUT2D eigenvalue weighted by molar-refractivity contribution is 6.30. The van der Waals surface area contributed by atoms with E-state index < -0.39 is 0 Å². The number of pyridine rings is 1. The Balaban J connectivity index is 1.61. The Hall–Kier alpha value is -3.44. The minimum atomic E-state index is -0.0824. The van der Waals surface area contributed by atoms with Gasteiger partial charge in [-0.1, -0.05) is 53.6 Å². The molecule has 0 aliphatic heterocycles. The molecule has 0 unspecified atom stereocenters. The van der Waals surface area contributed by atoms with E-state index in [4.69, 9.17) is 11.6 Å². The van der Waals surface area contributed by atoms with E-state index in [0.717, 1.165) is 22.2 Å². The number of benzene rings is 2. The van der Waals surface area contributed by atoms with Gasteiger partial charge in [-0.3, -0.25) is 4.79 Å². The van der Waals surface area contributed by atoms with Crippen molar-refractivity contribution < 1.29 is 0 Å². The molecule has 0 saturated carbocycles. The zero-order chi connectivity index (χ0) is 20.0. The summed E-state index contributed by atoms with van der Waals surface area (Å²) in [4.78, 5) is 17.6. The van der Waals surface area contributed by atoms with Crippen LogP contribution in [0, 0.1) is 6.92 Å². The minimum Gasteiger partial charge on any atom is -0.310 e. The Morgan fingerprint density at radius 2 is 1.72 bits per heavy atom. The molecule has 0 aliphatic rings. The van der Waals surface area contributed by atoms with Gasteiger partial charge in [-0.05, 0) is 36.2 Å². The maximum Gasteiger partial charge on any atom is 0.261 e. The number of rotatable bonds is 3. The first-order chi connectivity index (χ1) is 14.1. The van der Waals surface area contributed by atoms with Crippen molar-refractivity contribution in [2.24, 2.45) is 0 Å². The van der Waals surface area contributed by atoms with Crippen LogP contribution in [0.4, 0.5) is 0 Å². The van der Waals surface area contributed by atoms with Gasteiger partial charge in [0.2, 0.25) is 0 Å². The molecule has 0 saturated heterocycles. The highest BCUT2D eigenvalue weighted by Crippen LogP contribution is 2.26. The fourth-order valence-corrected chi connectivity index (χ4v) is 3.63. The van der Waals surface area contributed by atoms with E-state index in [1.54, 1.807) is 21.5 Å². The number of nitrogens with zero attached hydrogens (tertiary/aromatic N) is 4. The van der Waals surface area contributed by atoms with Gasteiger partial charge in [0, 0.05) is 23.0 Å². The summed E-state index contributed by atoms with van der Waals surface area (Å²) in [5, 5.41) is 5.70. The van der Waals surface area contributed by atoms with Crippen LogP contribution in [0.3, 0.4) is 0 Å². The summed E-state index contributed by atoms with van der Waals surface area (Å²) in [6.45, 7) is 2.56. The SMILES string of the molecule is Cc1ccc(Cn2ccc3c(cnc4c(-c5ccc(Cl)cc5)cnn43)c2=O)cc1. The van der Waals surface area contributed by atoms with Gasteiger partial charge in [-0.2, -0.15) is 5.10 Å². The third kappa shape index (κ3) is 3.09. The lowest BCUT2D eigenvalue weighted by atomic mass is 10.1. The largest absolute Gasteiger partial charge is 0.310 e. The van der Waals surface area contributed by atoms with E-state index in [9.17, 15) is 4.79 Å². The molecular formula is C23H17ClN4O. The van der Waals surface area contributed by atoms with Crippen LogP contribution >= 0.6 is 11.6 Å². The molecule has 0 spiro atoms. The number of hydrogen-bond acceptors (Lipinski definition) is 3. The average molecular weight is 401 g/mol. The quantitative estimate of drug-likeness (QED) is 0.440. The molecule has 0 amide bonds. The van der Waals surface area contributed by atoms with Gasteiger partial charge in [0.1, 0.15) is 0 Å². The maximum absolute atomic E-state index is 13.0. The molecule has 29 heavy (non-hydrogen) atoms. The van der Waals surface area contributed by atoms with Gasteiger partial charge >= 0.3 is 0 Å². The Morgan fingerprint density at radius 3 is 2.48 bits per heavy atom. The second-order valence-corrected chi connectivity index (χ2v) is 7.53. The first-order valence-electron chi connectivity index (χ1n) is 9.27. The number of halogens is 1. The lowest BCUT2D eigenvalue weighted by molar-refractivity contribution is 0.765. The molecule has 5 nitrogen and oxygen atoms in total. The minimum absolute atomic E-state index is 0.0824. The maximum atomic E-state index is 13.0. The number of fused-ring (bicyclic) bond motifs is 3. The van der Waals surface area contributed by atoms with Gasteiger partial charge in [0.25, 0.3) is 5.56 Å². The van der Waals surface area contributed by atoms with E-state index in [-0.39, 0.29) is 5.56 Å².